The number of benzene rings is 2. The third kappa shape index (κ3) is 5.67. The smallest absolute Gasteiger partial charge is 0.222 e. The van der Waals surface area contributed by atoms with Gasteiger partial charge in [0.2, 0.25) is 11.8 Å². The number of hydrogen-bond acceptors (Lipinski definition) is 4. The minimum atomic E-state index is -0.445. The third-order valence-electron chi connectivity index (χ3n) is 3.77. The molecule has 2 aromatic carbocycles. The van der Waals surface area contributed by atoms with Crippen LogP contribution in [0.25, 0.3) is 0 Å². The molecule has 0 saturated heterocycles. The van der Waals surface area contributed by atoms with E-state index in [9.17, 15) is 14.7 Å². The number of halogens is 1. The van der Waals surface area contributed by atoms with Gasteiger partial charge in [0.25, 0.3) is 0 Å². The van der Waals surface area contributed by atoms with E-state index < -0.39 is 6.04 Å². The molecule has 0 unspecified atom stereocenters. The number of phenolic OH excluding ortho intramolecular Hbond substituents is 1. The van der Waals surface area contributed by atoms with E-state index in [0.717, 1.165) is 11.1 Å². The van der Waals surface area contributed by atoms with E-state index in [-0.39, 0.29) is 30.5 Å². The molecule has 26 heavy (non-hydrogen) atoms. The standard InChI is InChI=1S/C19H21ClN2O4/c1-12(23)22-16(14-4-6-15(20)7-5-14)10-19(25)21-11-13-3-8-17(24)18(9-13)26-2/h3-9,16,24H,10-11H2,1-2H3,(H,21,25)(H,22,23)/t16-/m0/s1. The average Bonchev–Trinajstić information content (AvgIpc) is 2.60. The van der Waals surface area contributed by atoms with Crippen molar-refractivity contribution in [1.82, 2.24) is 10.6 Å². The largest absolute Gasteiger partial charge is 0.504 e. The number of aromatic hydroxyl groups is 1. The minimum Gasteiger partial charge on any atom is -0.504 e. The highest BCUT2D eigenvalue weighted by Gasteiger charge is 2.17. The average molecular weight is 377 g/mol. The van der Waals surface area contributed by atoms with Crippen molar-refractivity contribution in [1.29, 1.82) is 0 Å². The van der Waals surface area contributed by atoms with Crippen molar-refractivity contribution in [3.63, 3.8) is 0 Å². The van der Waals surface area contributed by atoms with E-state index in [0.29, 0.717) is 10.8 Å². The maximum Gasteiger partial charge on any atom is 0.222 e. The van der Waals surface area contributed by atoms with Crippen LogP contribution in [0.15, 0.2) is 42.5 Å². The summed E-state index contributed by atoms with van der Waals surface area (Å²) >= 11 is 5.89. The molecule has 0 fully saturated rings. The summed E-state index contributed by atoms with van der Waals surface area (Å²) in [6, 6.07) is 11.4. The zero-order valence-corrected chi connectivity index (χ0v) is 15.3. The van der Waals surface area contributed by atoms with Crippen LogP contribution in [0.1, 0.15) is 30.5 Å². The highest BCUT2D eigenvalue weighted by atomic mass is 35.5. The van der Waals surface area contributed by atoms with Gasteiger partial charge >= 0.3 is 0 Å². The van der Waals surface area contributed by atoms with Gasteiger partial charge in [0.05, 0.1) is 19.6 Å². The van der Waals surface area contributed by atoms with Gasteiger partial charge in [-0.2, -0.15) is 0 Å². The zero-order chi connectivity index (χ0) is 19.1. The molecule has 0 radical (unpaired) electrons. The summed E-state index contributed by atoms with van der Waals surface area (Å²) in [7, 11) is 1.46. The van der Waals surface area contributed by atoms with Gasteiger partial charge in [0, 0.05) is 18.5 Å². The Kier molecular flexibility index (Phi) is 6.86. The fourth-order valence-corrected chi connectivity index (χ4v) is 2.61. The van der Waals surface area contributed by atoms with Gasteiger partial charge in [0.15, 0.2) is 11.5 Å². The molecule has 0 bridgehead atoms. The Balaban J connectivity index is 2.00. The molecule has 0 spiro atoms. The van der Waals surface area contributed by atoms with Crippen LogP contribution in [0.4, 0.5) is 0 Å². The SMILES string of the molecule is COc1cc(CNC(=O)C[C@H](NC(C)=O)c2ccc(Cl)cc2)ccc1O. The van der Waals surface area contributed by atoms with Crippen LogP contribution in [0.5, 0.6) is 11.5 Å². The lowest BCUT2D eigenvalue weighted by molar-refractivity contribution is -0.122. The molecule has 0 saturated carbocycles. The molecule has 2 rings (SSSR count). The Morgan fingerprint density at radius 2 is 1.88 bits per heavy atom. The van der Waals surface area contributed by atoms with Crippen molar-refractivity contribution < 1.29 is 19.4 Å². The Bertz CT molecular complexity index is 778. The van der Waals surface area contributed by atoms with Crippen molar-refractivity contribution in [3.8, 4) is 11.5 Å². The first-order chi connectivity index (χ1) is 12.4. The maximum atomic E-state index is 12.3. The van der Waals surface area contributed by atoms with E-state index in [2.05, 4.69) is 10.6 Å². The minimum absolute atomic E-state index is 0.0380. The number of methoxy groups -OCH3 is 1. The van der Waals surface area contributed by atoms with Crippen molar-refractivity contribution >= 4 is 23.4 Å². The second-order valence-electron chi connectivity index (χ2n) is 5.79. The van der Waals surface area contributed by atoms with Crippen molar-refractivity contribution in [2.24, 2.45) is 0 Å². The van der Waals surface area contributed by atoms with E-state index in [1.54, 1.807) is 36.4 Å². The summed E-state index contributed by atoms with van der Waals surface area (Å²) in [4.78, 5) is 23.8. The van der Waals surface area contributed by atoms with Gasteiger partial charge in [0.1, 0.15) is 0 Å². The summed E-state index contributed by atoms with van der Waals surface area (Å²) in [6.45, 7) is 1.69. The maximum absolute atomic E-state index is 12.3. The summed E-state index contributed by atoms with van der Waals surface area (Å²) in [5.41, 5.74) is 1.58. The number of hydrogen-bond donors (Lipinski definition) is 3. The Morgan fingerprint density at radius 3 is 2.50 bits per heavy atom. The van der Waals surface area contributed by atoms with Crippen molar-refractivity contribution in [2.45, 2.75) is 25.9 Å². The van der Waals surface area contributed by atoms with Gasteiger partial charge in [-0.05, 0) is 35.4 Å². The molecule has 3 N–H and O–H groups in total. The number of nitrogens with one attached hydrogen (secondary N) is 2. The Labute approximate surface area is 157 Å². The Morgan fingerprint density at radius 1 is 1.19 bits per heavy atom. The second-order valence-corrected chi connectivity index (χ2v) is 6.23. The molecule has 6 nitrogen and oxygen atoms in total. The molecule has 0 heterocycles. The first-order valence-corrected chi connectivity index (χ1v) is 8.42. The first-order valence-electron chi connectivity index (χ1n) is 8.04. The predicted octanol–water partition coefficient (Wildman–Crippen LogP) is 2.94. The number of carbonyl (C=O) groups excluding carboxylic acids is 2. The second kappa shape index (κ2) is 9.10. The van der Waals surface area contributed by atoms with Crippen LogP contribution < -0.4 is 15.4 Å². The lowest BCUT2D eigenvalue weighted by Gasteiger charge is -2.18. The molecule has 0 aliphatic heterocycles. The first kappa shape index (κ1) is 19.6. The molecular formula is C19H21ClN2O4. The number of phenols is 1. The van der Waals surface area contributed by atoms with Crippen molar-refractivity contribution in [3.05, 3.63) is 58.6 Å². The monoisotopic (exact) mass is 376 g/mol. The number of carbonyl (C=O) groups is 2. The summed E-state index contributed by atoms with van der Waals surface area (Å²) < 4.78 is 5.05. The van der Waals surface area contributed by atoms with Crippen LogP contribution in [0.2, 0.25) is 5.02 Å². The van der Waals surface area contributed by atoms with Crippen LogP contribution in [-0.4, -0.2) is 24.0 Å². The molecule has 1 atom stereocenters. The molecular weight excluding hydrogens is 356 g/mol. The van der Waals surface area contributed by atoms with E-state index in [1.807, 2.05) is 0 Å². The quantitative estimate of drug-likeness (QED) is 0.693. The summed E-state index contributed by atoms with van der Waals surface area (Å²) in [5.74, 6) is -0.0585. The molecule has 7 heteroatoms. The number of ether oxygens (including phenoxy) is 1. The van der Waals surface area contributed by atoms with E-state index in [1.165, 1.54) is 20.1 Å². The molecule has 0 aliphatic rings. The van der Waals surface area contributed by atoms with Gasteiger partial charge in [-0.15, -0.1) is 0 Å². The lowest BCUT2D eigenvalue weighted by Crippen LogP contribution is -2.32. The fourth-order valence-electron chi connectivity index (χ4n) is 2.48. The molecule has 0 aliphatic carbocycles. The van der Waals surface area contributed by atoms with Gasteiger partial charge in [-0.3, -0.25) is 9.59 Å². The lowest BCUT2D eigenvalue weighted by atomic mass is 10.0. The van der Waals surface area contributed by atoms with Crippen LogP contribution in [-0.2, 0) is 16.1 Å². The van der Waals surface area contributed by atoms with Gasteiger partial charge in [-0.1, -0.05) is 29.8 Å². The van der Waals surface area contributed by atoms with Crippen LogP contribution >= 0.6 is 11.6 Å². The number of rotatable bonds is 7. The molecule has 0 aromatic heterocycles. The highest BCUT2D eigenvalue weighted by Crippen LogP contribution is 2.26. The van der Waals surface area contributed by atoms with Gasteiger partial charge in [-0.25, -0.2) is 0 Å². The van der Waals surface area contributed by atoms with E-state index >= 15 is 0 Å². The Hall–Kier alpha value is -2.73. The third-order valence-corrected chi connectivity index (χ3v) is 4.03. The van der Waals surface area contributed by atoms with Crippen LogP contribution in [0.3, 0.4) is 0 Å². The molecule has 2 aromatic rings. The summed E-state index contributed by atoms with van der Waals surface area (Å²) in [6.07, 6.45) is 0.0937. The molecule has 2 amide bonds. The van der Waals surface area contributed by atoms with Crippen LogP contribution in [0, 0.1) is 0 Å². The summed E-state index contributed by atoms with van der Waals surface area (Å²) in [5, 5.41) is 15.8. The highest BCUT2D eigenvalue weighted by molar-refractivity contribution is 6.30. The fraction of sp³-hybridized carbons (Fsp3) is 0.263. The topological polar surface area (TPSA) is 87.7 Å². The zero-order valence-electron chi connectivity index (χ0n) is 14.6. The normalized spacial score (nSPS) is 11.5. The number of amides is 2. The van der Waals surface area contributed by atoms with E-state index in [4.69, 9.17) is 16.3 Å². The molecule has 138 valence electrons. The van der Waals surface area contributed by atoms with Gasteiger partial charge < -0.3 is 20.5 Å². The predicted molar refractivity (Wildman–Crippen MR) is 99.1 cm³/mol. The van der Waals surface area contributed by atoms with Crippen molar-refractivity contribution in [2.75, 3.05) is 7.11 Å².